The number of phenolic OH excluding ortho intramolecular Hbond substituents is 1. The quantitative estimate of drug-likeness (QED) is 0.760. The van der Waals surface area contributed by atoms with Crippen molar-refractivity contribution in [1.29, 1.82) is 0 Å². The van der Waals surface area contributed by atoms with Crippen molar-refractivity contribution in [2.75, 3.05) is 0 Å². The van der Waals surface area contributed by atoms with Gasteiger partial charge < -0.3 is 19.2 Å². The van der Waals surface area contributed by atoms with Gasteiger partial charge in [-0.15, -0.1) is 0 Å². The molecule has 1 aromatic carbocycles. The van der Waals surface area contributed by atoms with Crippen molar-refractivity contribution in [2.24, 2.45) is 0 Å². The van der Waals surface area contributed by atoms with E-state index >= 15 is 0 Å². The van der Waals surface area contributed by atoms with Crippen LogP contribution >= 0.6 is 0 Å². The summed E-state index contributed by atoms with van der Waals surface area (Å²) in [4.78, 5) is 4.46. The number of aliphatic hydroxyl groups excluding tert-OH is 1. The second-order valence-corrected chi connectivity index (χ2v) is 5.40. The van der Waals surface area contributed by atoms with Crippen LogP contribution in [0.4, 0.5) is 0 Å². The predicted molar refractivity (Wildman–Crippen MR) is 82.5 cm³/mol. The third-order valence-electron chi connectivity index (χ3n) is 3.49. The van der Waals surface area contributed by atoms with Crippen LogP contribution in [-0.4, -0.2) is 25.9 Å². The van der Waals surface area contributed by atoms with E-state index in [4.69, 9.17) is 4.42 Å². The van der Waals surface area contributed by atoms with E-state index in [1.165, 1.54) is 0 Å². The molecule has 0 aliphatic carbocycles. The number of phenols is 1. The molecule has 0 saturated carbocycles. The summed E-state index contributed by atoms with van der Waals surface area (Å²) >= 11 is 0. The molecule has 0 aliphatic rings. The molecule has 0 aliphatic heterocycles. The number of hydrogen-bond donors (Lipinski definition) is 2. The maximum atomic E-state index is 9.78. The fourth-order valence-electron chi connectivity index (χ4n) is 2.53. The van der Waals surface area contributed by atoms with E-state index in [0.717, 1.165) is 22.5 Å². The molecule has 1 atom stereocenters. The Labute approximate surface area is 128 Å². The first-order valence-corrected chi connectivity index (χ1v) is 7.16. The molecule has 0 spiro atoms. The normalized spacial score (nSPS) is 12.5. The van der Waals surface area contributed by atoms with E-state index in [-0.39, 0.29) is 5.75 Å². The molecule has 0 radical (unpaired) electrons. The van der Waals surface area contributed by atoms with Gasteiger partial charge in [0, 0.05) is 24.2 Å². The molecule has 114 valence electrons. The number of benzene rings is 1. The highest BCUT2D eigenvalue weighted by molar-refractivity contribution is 5.60. The van der Waals surface area contributed by atoms with E-state index in [0.29, 0.717) is 13.0 Å². The molecular weight excluding hydrogens is 280 g/mol. The number of furan rings is 1. The summed E-state index contributed by atoms with van der Waals surface area (Å²) in [6.45, 7) is 2.34. The van der Waals surface area contributed by atoms with Crippen molar-refractivity contribution >= 4 is 0 Å². The lowest BCUT2D eigenvalue weighted by Crippen LogP contribution is -2.11. The van der Waals surface area contributed by atoms with Gasteiger partial charge in [-0.3, -0.25) is 0 Å². The summed E-state index contributed by atoms with van der Waals surface area (Å²) in [5.74, 6) is 0.241. The second-order valence-electron chi connectivity index (χ2n) is 5.40. The van der Waals surface area contributed by atoms with Gasteiger partial charge in [0.05, 0.1) is 30.7 Å². The van der Waals surface area contributed by atoms with Crippen LogP contribution in [0.2, 0.25) is 0 Å². The van der Waals surface area contributed by atoms with Crippen LogP contribution in [-0.2, 0) is 13.0 Å². The molecular formula is C17H18N2O3. The zero-order valence-electron chi connectivity index (χ0n) is 12.3. The monoisotopic (exact) mass is 298 g/mol. The van der Waals surface area contributed by atoms with Crippen LogP contribution in [0.3, 0.4) is 0 Å². The van der Waals surface area contributed by atoms with Crippen molar-refractivity contribution < 1.29 is 14.6 Å². The number of rotatable bonds is 5. The molecule has 0 saturated heterocycles. The highest BCUT2D eigenvalue weighted by Gasteiger charge is 2.16. The summed E-state index contributed by atoms with van der Waals surface area (Å²) in [5, 5.41) is 19.4. The first-order chi connectivity index (χ1) is 10.6. The van der Waals surface area contributed by atoms with Crippen LogP contribution in [0, 0.1) is 0 Å². The Balaban J connectivity index is 1.97. The van der Waals surface area contributed by atoms with E-state index in [9.17, 15) is 10.2 Å². The van der Waals surface area contributed by atoms with E-state index in [1.807, 2.05) is 22.8 Å². The summed E-state index contributed by atoms with van der Waals surface area (Å²) < 4.78 is 7.12. The third kappa shape index (κ3) is 3.04. The van der Waals surface area contributed by atoms with Crippen molar-refractivity contribution in [3.63, 3.8) is 0 Å². The van der Waals surface area contributed by atoms with Crippen LogP contribution in [0.5, 0.6) is 5.75 Å². The first kappa shape index (κ1) is 14.4. The van der Waals surface area contributed by atoms with Gasteiger partial charge in [-0.05, 0) is 30.7 Å². The van der Waals surface area contributed by atoms with E-state index in [1.54, 1.807) is 37.9 Å². The number of imidazole rings is 1. The maximum Gasteiger partial charge on any atom is 0.115 e. The average Bonchev–Trinajstić information content (AvgIpc) is 3.09. The second kappa shape index (κ2) is 6.07. The number of aromatic hydroxyl groups is 1. The number of aromatic nitrogens is 2. The lowest BCUT2D eigenvalue weighted by atomic mass is 10.1. The van der Waals surface area contributed by atoms with Crippen molar-refractivity contribution in [3.8, 4) is 17.0 Å². The molecule has 0 amide bonds. The largest absolute Gasteiger partial charge is 0.508 e. The molecule has 5 nitrogen and oxygen atoms in total. The molecule has 3 aromatic rings. The maximum absolute atomic E-state index is 9.78. The number of nitrogens with zero attached hydrogens (tertiary/aromatic N) is 2. The van der Waals surface area contributed by atoms with E-state index in [2.05, 4.69) is 4.98 Å². The molecule has 2 N–H and O–H groups in total. The molecule has 3 rings (SSSR count). The molecule has 5 heteroatoms. The lowest BCUT2D eigenvalue weighted by molar-refractivity contribution is 0.193. The molecule has 0 bridgehead atoms. The van der Waals surface area contributed by atoms with Crippen molar-refractivity contribution in [2.45, 2.75) is 26.0 Å². The Kier molecular flexibility index (Phi) is 3.98. The minimum Gasteiger partial charge on any atom is -0.508 e. The molecule has 0 fully saturated rings. The third-order valence-corrected chi connectivity index (χ3v) is 3.49. The summed E-state index contributed by atoms with van der Waals surface area (Å²) in [6.07, 6.45) is 5.04. The first-order valence-electron chi connectivity index (χ1n) is 7.16. The zero-order valence-corrected chi connectivity index (χ0v) is 12.3. The average molecular weight is 298 g/mol. The van der Waals surface area contributed by atoms with Crippen LogP contribution in [0.1, 0.15) is 18.2 Å². The van der Waals surface area contributed by atoms with Gasteiger partial charge in [0.1, 0.15) is 5.75 Å². The van der Waals surface area contributed by atoms with Gasteiger partial charge in [-0.1, -0.05) is 12.1 Å². The van der Waals surface area contributed by atoms with Gasteiger partial charge in [0.25, 0.3) is 0 Å². The fraction of sp³-hybridized carbons (Fsp3) is 0.235. The van der Waals surface area contributed by atoms with Gasteiger partial charge in [-0.2, -0.15) is 0 Å². The minimum absolute atomic E-state index is 0.241. The van der Waals surface area contributed by atoms with Gasteiger partial charge in [-0.25, -0.2) is 4.98 Å². The Hall–Kier alpha value is -2.53. The highest BCUT2D eigenvalue weighted by atomic mass is 16.3. The number of hydrogen-bond acceptors (Lipinski definition) is 4. The molecule has 22 heavy (non-hydrogen) atoms. The Morgan fingerprint density at radius 1 is 1.32 bits per heavy atom. The van der Waals surface area contributed by atoms with E-state index < -0.39 is 6.10 Å². The standard InChI is InChI=1S/C17H18N2O3/c1-12(20)7-16-17(14-5-6-22-10-14)18-11-19(16)9-13-3-2-4-15(21)8-13/h2-6,8,10-12,20-21H,7,9H2,1H3. The van der Waals surface area contributed by atoms with Crippen molar-refractivity contribution in [1.82, 2.24) is 9.55 Å². The molecule has 1 unspecified atom stereocenters. The Bertz CT molecular complexity index is 745. The Morgan fingerprint density at radius 3 is 2.86 bits per heavy atom. The summed E-state index contributed by atoms with van der Waals surface area (Å²) in [6, 6.07) is 8.98. The fourth-order valence-corrected chi connectivity index (χ4v) is 2.53. The van der Waals surface area contributed by atoms with Gasteiger partial charge in [0.2, 0.25) is 0 Å². The van der Waals surface area contributed by atoms with Crippen LogP contribution in [0.25, 0.3) is 11.3 Å². The predicted octanol–water partition coefficient (Wildman–Crippen LogP) is 2.82. The van der Waals surface area contributed by atoms with Gasteiger partial charge >= 0.3 is 0 Å². The minimum atomic E-state index is -0.467. The molecule has 2 heterocycles. The van der Waals surface area contributed by atoms with Gasteiger partial charge in [0.15, 0.2) is 0 Å². The SMILES string of the molecule is CC(O)Cc1c(-c2ccoc2)ncn1Cc1cccc(O)c1. The Morgan fingerprint density at radius 2 is 2.18 bits per heavy atom. The topological polar surface area (TPSA) is 71.4 Å². The summed E-state index contributed by atoms with van der Waals surface area (Å²) in [7, 11) is 0. The highest BCUT2D eigenvalue weighted by Crippen LogP contribution is 2.25. The van der Waals surface area contributed by atoms with Crippen molar-refractivity contribution in [3.05, 3.63) is 60.4 Å². The zero-order chi connectivity index (χ0) is 15.5. The molecule has 2 aromatic heterocycles. The number of aliphatic hydroxyl groups is 1. The lowest BCUT2D eigenvalue weighted by Gasteiger charge is -2.11. The van der Waals surface area contributed by atoms with Crippen LogP contribution < -0.4 is 0 Å². The summed E-state index contributed by atoms with van der Waals surface area (Å²) in [5.41, 5.74) is 3.63. The van der Waals surface area contributed by atoms with Crippen LogP contribution in [0.15, 0.2) is 53.6 Å². The smallest absolute Gasteiger partial charge is 0.115 e.